The summed E-state index contributed by atoms with van der Waals surface area (Å²) in [5.74, 6) is 0.609. The summed E-state index contributed by atoms with van der Waals surface area (Å²) in [5, 5.41) is 0.592. The number of hydrogen-bond acceptors (Lipinski definition) is 3. The first-order valence-corrected chi connectivity index (χ1v) is 6.92. The topological polar surface area (TPSA) is 47.0 Å². The van der Waals surface area contributed by atoms with E-state index in [-0.39, 0.29) is 5.56 Å². The van der Waals surface area contributed by atoms with Crippen molar-refractivity contribution >= 4 is 23.1 Å². The number of fused-ring (bicyclic) bond motifs is 1. The highest BCUT2D eigenvalue weighted by molar-refractivity contribution is 7.71. The van der Waals surface area contributed by atoms with Crippen LogP contribution in [0.5, 0.6) is 5.75 Å². The Kier molecular flexibility index (Phi) is 3.35. The number of aromatic nitrogens is 2. The average Bonchev–Trinajstić information content (AvgIpc) is 2.47. The Labute approximate surface area is 126 Å². The highest BCUT2D eigenvalue weighted by Crippen LogP contribution is 2.23. The molecule has 0 aliphatic rings. The van der Waals surface area contributed by atoms with Crippen LogP contribution in [0.25, 0.3) is 16.6 Å². The maximum atomic E-state index is 12.7. The number of ether oxygens (including phenoxy) is 1. The third kappa shape index (κ3) is 2.25. The molecule has 0 atom stereocenters. The van der Waals surface area contributed by atoms with Gasteiger partial charge < -0.3 is 9.72 Å². The molecule has 0 amide bonds. The molecule has 3 rings (SSSR count). The molecule has 0 aliphatic heterocycles. The summed E-state index contributed by atoms with van der Waals surface area (Å²) >= 11 is 5.35. The van der Waals surface area contributed by atoms with Crippen molar-refractivity contribution in [2.75, 3.05) is 7.11 Å². The Morgan fingerprint density at radius 1 is 1.19 bits per heavy atom. The Bertz CT molecular complexity index is 941. The zero-order valence-electron chi connectivity index (χ0n) is 11.7. The molecule has 4 nitrogen and oxygen atoms in total. The van der Waals surface area contributed by atoms with Crippen molar-refractivity contribution in [3.8, 4) is 11.4 Å². The van der Waals surface area contributed by atoms with Gasteiger partial charge in [0.05, 0.1) is 23.7 Å². The molecule has 1 aromatic heterocycles. The third-order valence-corrected chi connectivity index (χ3v) is 3.67. The molecule has 0 saturated carbocycles. The van der Waals surface area contributed by atoms with Crippen molar-refractivity contribution in [3.05, 3.63) is 63.2 Å². The van der Waals surface area contributed by atoms with E-state index in [1.54, 1.807) is 13.2 Å². The van der Waals surface area contributed by atoms with Crippen molar-refractivity contribution in [2.24, 2.45) is 0 Å². The van der Waals surface area contributed by atoms with Gasteiger partial charge in [-0.15, -0.1) is 0 Å². The molecule has 0 aliphatic carbocycles. The van der Waals surface area contributed by atoms with E-state index in [4.69, 9.17) is 17.0 Å². The largest absolute Gasteiger partial charge is 0.495 e. The van der Waals surface area contributed by atoms with Gasteiger partial charge >= 0.3 is 0 Å². The molecule has 0 saturated heterocycles. The monoisotopic (exact) mass is 298 g/mol. The van der Waals surface area contributed by atoms with Gasteiger partial charge in [0.1, 0.15) is 5.75 Å². The lowest BCUT2D eigenvalue weighted by molar-refractivity contribution is 0.412. The lowest BCUT2D eigenvalue weighted by Gasteiger charge is -2.12. The van der Waals surface area contributed by atoms with Crippen LogP contribution in [0.3, 0.4) is 0 Å². The minimum atomic E-state index is -0.154. The number of rotatable bonds is 2. The van der Waals surface area contributed by atoms with Crippen LogP contribution < -0.4 is 10.3 Å². The molecule has 106 valence electrons. The van der Waals surface area contributed by atoms with Crippen LogP contribution in [-0.2, 0) is 0 Å². The summed E-state index contributed by atoms with van der Waals surface area (Å²) in [6, 6.07) is 13.0. The molecule has 0 unspecified atom stereocenters. The second-order valence-electron chi connectivity index (χ2n) is 4.79. The van der Waals surface area contributed by atoms with E-state index in [0.717, 1.165) is 11.1 Å². The van der Waals surface area contributed by atoms with Gasteiger partial charge in [-0.05, 0) is 49.0 Å². The number of hydrogen-bond donors (Lipinski definition) is 1. The van der Waals surface area contributed by atoms with Crippen LogP contribution in [0, 0.1) is 11.7 Å². The van der Waals surface area contributed by atoms with Crippen molar-refractivity contribution in [2.45, 2.75) is 6.92 Å². The van der Waals surface area contributed by atoms with Gasteiger partial charge in [0.15, 0.2) is 4.77 Å². The normalized spacial score (nSPS) is 10.8. The first-order valence-electron chi connectivity index (χ1n) is 6.51. The minimum absolute atomic E-state index is 0.154. The van der Waals surface area contributed by atoms with Gasteiger partial charge in [-0.3, -0.25) is 4.79 Å². The number of methoxy groups -OCH3 is 1. The zero-order chi connectivity index (χ0) is 15.0. The van der Waals surface area contributed by atoms with Crippen LogP contribution in [0.15, 0.2) is 47.3 Å². The molecular weight excluding hydrogens is 284 g/mol. The standard InChI is InChI=1S/C16H14N2O2S/c1-10-7-8-14(20-2)13(9-10)18-15(19)11-5-3-4-6-12(11)17-16(18)21/h3-9H,1-2H3,(H,17,21). The van der Waals surface area contributed by atoms with Crippen LogP contribution in [0.1, 0.15) is 5.56 Å². The summed E-state index contributed by atoms with van der Waals surface area (Å²) in [6.07, 6.45) is 0. The minimum Gasteiger partial charge on any atom is -0.495 e. The highest BCUT2D eigenvalue weighted by atomic mass is 32.1. The lowest BCUT2D eigenvalue weighted by atomic mass is 10.2. The maximum Gasteiger partial charge on any atom is 0.266 e. The lowest BCUT2D eigenvalue weighted by Crippen LogP contribution is -2.21. The quantitative estimate of drug-likeness (QED) is 0.738. The number of aromatic amines is 1. The SMILES string of the molecule is COc1ccc(C)cc1-n1c(=S)[nH]c2ccccc2c1=O. The summed E-state index contributed by atoms with van der Waals surface area (Å²) in [5.41, 5.74) is 2.25. The average molecular weight is 298 g/mol. The molecule has 0 fully saturated rings. The molecule has 0 spiro atoms. The summed E-state index contributed by atoms with van der Waals surface area (Å²) in [6.45, 7) is 1.96. The van der Waals surface area contributed by atoms with E-state index in [1.807, 2.05) is 43.3 Å². The molecule has 0 radical (unpaired) electrons. The zero-order valence-corrected chi connectivity index (χ0v) is 12.5. The molecule has 5 heteroatoms. The van der Waals surface area contributed by atoms with Crippen LogP contribution in [-0.4, -0.2) is 16.7 Å². The summed E-state index contributed by atoms with van der Waals surface area (Å²) in [7, 11) is 1.58. The van der Waals surface area contributed by atoms with Gasteiger partial charge in [0.25, 0.3) is 5.56 Å². The molecule has 3 aromatic rings. The Hall–Kier alpha value is -2.40. The number of nitrogens with zero attached hydrogens (tertiary/aromatic N) is 1. The smallest absolute Gasteiger partial charge is 0.266 e. The van der Waals surface area contributed by atoms with Crippen molar-refractivity contribution < 1.29 is 4.74 Å². The Balaban J connectivity index is 2.44. The summed E-state index contributed by atoms with van der Waals surface area (Å²) < 4.78 is 7.18. The fourth-order valence-electron chi connectivity index (χ4n) is 2.36. The van der Waals surface area contributed by atoms with Gasteiger partial charge in [0, 0.05) is 0 Å². The number of aryl methyl sites for hydroxylation is 1. The molecule has 1 N–H and O–H groups in total. The van der Waals surface area contributed by atoms with Crippen LogP contribution in [0.2, 0.25) is 0 Å². The highest BCUT2D eigenvalue weighted by Gasteiger charge is 2.11. The Morgan fingerprint density at radius 2 is 1.95 bits per heavy atom. The van der Waals surface area contributed by atoms with Crippen molar-refractivity contribution in [1.82, 2.24) is 9.55 Å². The Morgan fingerprint density at radius 3 is 2.71 bits per heavy atom. The fourth-order valence-corrected chi connectivity index (χ4v) is 2.65. The fraction of sp³-hybridized carbons (Fsp3) is 0.125. The molecule has 0 bridgehead atoms. The van der Waals surface area contributed by atoms with E-state index in [0.29, 0.717) is 21.6 Å². The first kappa shape index (κ1) is 13.6. The van der Waals surface area contributed by atoms with Crippen molar-refractivity contribution in [3.63, 3.8) is 0 Å². The van der Waals surface area contributed by atoms with E-state index < -0.39 is 0 Å². The van der Waals surface area contributed by atoms with E-state index in [1.165, 1.54) is 4.57 Å². The molecule has 1 heterocycles. The number of para-hydroxylation sites is 1. The second-order valence-corrected chi connectivity index (χ2v) is 5.18. The van der Waals surface area contributed by atoms with Crippen LogP contribution >= 0.6 is 12.2 Å². The molecule has 21 heavy (non-hydrogen) atoms. The van der Waals surface area contributed by atoms with Crippen LogP contribution in [0.4, 0.5) is 0 Å². The van der Waals surface area contributed by atoms with Gasteiger partial charge in [-0.2, -0.15) is 0 Å². The number of benzene rings is 2. The number of H-pyrrole nitrogens is 1. The number of nitrogens with one attached hydrogen (secondary N) is 1. The molecular formula is C16H14N2O2S. The predicted octanol–water partition coefficient (Wildman–Crippen LogP) is 3.37. The van der Waals surface area contributed by atoms with Gasteiger partial charge in [0.2, 0.25) is 0 Å². The van der Waals surface area contributed by atoms with E-state index in [9.17, 15) is 4.79 Å². The second kappa shape index (κ2) is 5.18. The predicted molar refractivity (Wildman–Crippen MR) is 86.0 cm³/mol. The summed E-state index contributed by atoms with van der Waals surface area (Å²) in [4.78, 5) is 15.8. The first-order chi connectivity index (χ1) is 10.1. The van der Waals surface area contributed by atoms with Gasteiger partial charge in [-0.25, -0.2) is 4.57 Å². The maximum absolute atomic E-state index is 12.7. The van der Waals surface area contributed by atoms with E-state index >= 15 is 0 Å². The van der Waals surface area contributed by atoms with E-state index in [2.05, 4.69) is 4.98 Å². The van der Waals surface area contributed by atoms with Gasteiger partial charge in [-0.1, -0.05) is 18.2 Å². The molecule has 2 aromatic carbocycles. The van der Waals surface area contributed by atoms with Crippen molar-refractivity contribution in [1.29, 1.82) is 0 Å². The third-order valence-electron chi connectivity index (χ3n) is 3.38.